The zero-order valence-corrected chi connectivity index (χ0v) is 19.7. The lowest BCUT2D eigenvalue weighted by molar-refractivity contribution is 0.0957. The average Bonchev–Trinajstić information content (AvgIpc) is 2.73. The molecular weight excluding hydrogens is 394 g/mol. The van der Waals surface area contributed by atoms with E-state index >= 15 is 0 Å². The molecule has 3 aromatic carbocycles. The third-order valence-corrected chi connectivity index (χ3v) is 6.18. The molecule has 0 atom stereocenters. The highest BCUT2D eigenvalue weighted by Gasteiger charge is 2.33. The van der Waals surface area contributed by atoms with E-state index in [0.29, 0.717) is 11.6 Å². The van der Waals surface area contributed by atoms with Gasteiger partial charge in [-0.15, -0.1) is 0 Å². The molecule has 0 fully saturated rings. The second-order valence-corrected chi connectivity index (χ2v) is 9.40. The van der Waals surface area contributed by atoms with E-state index in [9.17, 15) is 4.79 Å². The van der Waals surface area contributed by atoms with Gasteiger partial charge >= 0.3 is 0 Å². The lowest BCUT2D eigenvalue weighted by Gasteiger charge is -2.46. The number of benzene rings is 3. The van der Waals surface area contributed by atoms with E-state index in [1.165, 1.54) is 16.8 Å². The largest absolute Gasteiger partial charge is 0.360 e. The fourth-order valence-electron chi connectivity index (χ4n) is 4.94. The van der Waals surface area contributed by atoms with E-state index in [-0.39, 0.29) is 11.4 Å². The molecule has 164 valence electrons. The number of rotatable bonds is 4. The maximum atomic E-state index is 12.8. The molecule has 0 saturated carbocycles. The zero-order chi connectivity index (χ0) is 23.0. The van der Waals surface area contributed by atoms with Crippen LogP contribution in [0.15, 0.2) is 65.8 Å². The number of hydrogen-bond donors (Lipinski definition) is 1. The Morgan fingerprint density at radius 1 is 1.06 bits per heavy atom. The van der Waals surface area contributed by atoms with Crippen LogP contribution in [0.5, 0.6) is 0 Å². The van der Waals surface area contributed by atoms with Crippen molar-refractivity contribution in [3.63, 3.8) is 0 Å². The van der Waals surface area contributed by atoms with Gasteiger partial charge in [-0.1, -0.05) is 42.5 Å². The van der Waals surface area contributed by atoms with Crippen molar-refractivity contribution in [2.24, 2.45) is 5.10 Å². The molecule has 0 spiro atoms. The van der Waals surface area contributed by atoms with Crippen LogP contribution in [0.1, 0.15) is 61.7 Å². The van der Waals surface area contributed by atoms with Gasteiger partial charge in [0.1, 0.15) is 0 Å². The molecule has 4 nitrogen and oxygen atoms in total. The predicted molar refractivity (Wildman–Crippen MR) is 136 cm³/mol. The molecular formula is C28H31N3O. The van der Waals surface area contributed by atoms with Crippen molar-refractivity contribution >= 4 is 34.2 Å². The molecule has 0 saturated heterocycles. The van der Waals surface area contributed by atoms with E-state index < -0.39 is 0 Å². The highest BCUT2D eigenvalue weighted by atomic mass is 16.2. The molecule has 0 aromatic heterocycles. The molecule has 0 unspecified atom stereocenters. The van der Waals surface area contributed by atoms with E-state index in [2.05, 4.69) is 75.2 Å². The van der Waals surface area contributed by atoms with E-state index in [0.717, 1.165) is 21.9 Å². The van der Waals surface area contributed by atoms with Crippen LogP contribution in [0.3, 0.4) is 0 Å². The first-order valence-electron chi connectivity index (χ1n) is 11.1. The van der Waals surface area contributed by atoms with Crippen molar-refractivity contribution < 1.29 is 4.79 Å². The number of fused-ring (bicyclic) bond motifs is 2. The van der Waals surface area contributed by atoms with Crippen molar-refractivity contribution in [3.05, 3.63) is 82.9 Å². The van der Waals surface area contributed by atoms with Gasteiger partial charge in [-0.05, 0) is 87.2 Å². The van der Waals surface area contributed by atoms with Crippen LogP contribution in [0, 0.1) is 6.92 Å². The topological polar surface area (TPSA) is 44.7 Å². The average molecular weight is 426 g/mol. The first-order chi connectivity index (χ1) is 15.2. The summed E-state index contributed by atoms with van der Waals surface area (Å²) in [5, 5.41) is 6.24. The molecule has 3 aromatic rings. The number of anilines is 1. The van der Waals surface area contributed by atoms with Gasteiger partial charge in [0.05, 0.1) is 11.8 Å². The minimum atomic E-state index is -0.211. The SMILES string of the molecule is CC1=CC(C)(C)N(C(C)C)c2cc(C)c(/C=N/NC(=O)c3cccc4ccccc34)cc21. The van der Waals surface area contributed by atoms with Gasteiger partial charge in [-0.25, -0.2) is 5.43 Å². The number of allylic oxidation sites excluding steroid dienone is 1. The second kappa shape index (κ2) is 8.27. The van der Waals surface area contributed by atoms with Crippen molar-refractivity contribution in [2.75, 3.05) is 4.90 Å². The first kappa shape index (κ1) is 21.8. The Hall–Kier alpha value is -3.40. The van der Waals surface area contributed by atoms with Gasteiger partial charge in [0.2, 0.25) is 0 Å². The molecule has 1 N–H and O–H groups in total. The maximum absolute atomic E-state index is 12.8. The fraction of sp³-hybridized carbons (Fsp3) is 0.286. The molecule has 1 amide bonds. The van der Waals surface area contributed by atoms with Gasteiger partial charge < -0.3 is 4.90 Å². The van der Waals surface area contributed by atoms with Crippen LogP contribution in [-0.2, 0) is 0 Å². The number of amides is 1. The minimum Gasteiger partial charge on any atom is -0.360 e. The van der Waals surface area contributed by atoms with Gasteiger partial charge in [-0.2, -0.15) is 5.10 Å². The molecule has 4 heteroatoms. The number of nitrogens with zero attached hydrogens (tertiary/aromatic N) is 2. The zero-order valence-electron chi connectivity index (χ0n) is 19.7. The van der Waals surface area contributed by atoms with E-state index in [1.54, 1.807) is 6.21 Å². The Labute approximate surface area is 190 Å². The van der Waals surface area contributed by atoms with E-state index in [1.807, 2.05) is 42.5 Å². The molecule has 0 aliphatic carbocycles. The summed E-state index contributed by atoms with van der Waals surface area (Å²) in [6, 6.07) is 18.4. The van der Waals surface area contributed by atoms with Crippen molar-refractivity contribution in [2.45, 2.75) is 53.1 Å². The Balaban J connectivity index is 1.62. The number of hydrogen-bond acceptors (Lipinski definition) is 3. The van der Waals surface area contributed by atoms with Crippen LogP contribution in [-0.4, -0.2) is 23.7 Å². The van der Waals surface area contributed by atoms with Gasteiger partial charge in [0.25, 0.3) is 5.91 Å². The summed E-state index contributed by atoms with van der Waals surface area (Å²) in [5.41, 5.74) is 9.13. The summed E-state index contributed by atoms with van der Waals surface area (Å²) in [7, 11) is 0. The van der Waals surface area contributed by atoms with Crippen molar-refractivity contribution in [1.82, 2.24) is 5.43 Å². The van der Waals surface area contributed by atoms with Gasteiger partial charge in [0, 0.05) is 22.9 Å². The summed E-state index contributed by atoms with van der Waals surface area (Å²) in [5.74, 6) is -0.211. The molecule has 0 bridgehead atoms. The molecule has 1 heterocycles. The third kappa shape index (κ3) is 3.93. The molecule has 1 aliphatic rings. The maximum Gasteiger partial charge on any atom is 0.271 e. The Morgan fingerprint density at radius 2 is 1.78 bits per heavy atom. The first-order valence-corrected chi connectivity index (χ1v) is 11.1. The summed E-state index contributed by atoms with van der Waals surface area (Å²) < 4.78 is 0. The standard InChI is InChI=1S/C28H31N3O/c1-18(2)31-26-14-19(3)22(15-25(26)20(4)16-28(31,5)6)17-29-30-27(32)24-13-9-11-21-10-7-8-12-23(21)24/h7-18H,1-6H3,(H,30,32)/b29-17+. The summed E-state index contributed by atoms with van der Waals surface area (Å²) >= 11 is 0. The van der Waals surface area contributed by atoms with Crippen LogP contribution in [0.2, 0.25) is 0 Å². The summed E-state index contributed by atoms with van der Waals surface area (Å²) in [4.78, 5) is 15.2. The quantitative estimate of drug-likeness (QED) is 0.392. The Kier molecular flexibility index (Phi) is 5.64. The second-order valence-electron chi connectivity index (χ2n) is 9.40. The lowest BCUT2D eigenvalue weighted by atomic mass is 9.86. The highest BCUT2D eigenvalue weighted by Crippen LogP contribution is 2.41. The highest BCUT2D eigenvalue weighted by molar-refractivity contribution is 6.07. The fourth-order valence-corrected chi connectivity index (χ4v) is 4.94. The number of nitrogens with one attached hydrogen (secondary N) is 1. The number of carbonyl (C=O) groups excluding carboxylic acids is 1. The molecule has 0 radical (unpaired) electrons. The summed E-state index contributed by atoms with van der Waals surface area (Å²) in [6.45, 7) is 13.2. The third-order valence-electron chi connectivity index (χ3n) is 6.18. The van der Waals surface area contributed by atoms with Crippen LogP contribution < -0.4 is 10.3 Å². The molecule has 4 rings (SSSR count). The van der Waals surface area contributed by atoms with E-state index in [4.69, 9.17) is 0 Å². The molecule has 1 aliphatic heterocycles. The Bertz CT molecular complexity index is 1250. The number of carbonyl (C=O) groups is 1. The van der Waals surface area contributed by atoms with Crippen molar-refractivity contribution in [3.8, 4) is 0 Å². The smallest absolute Gasteiger partial charge is 0.271 e. The Morgan fingerprint density at radius 3 is 2.53 bits per heavy atom. The monoisotopic (exact) mass is 425 g/mol. The normalized spacial score (nSPS) is 15.2. The number of hydrazone groups is 1. The van der Waals surface area contributed by atoms with Gasteiger partial charge in [0.15, 0.2) is 0 Å². The molecule has 32 heavy (non-hydrogen) atoms. The minimum absolute atomic E-state index is 0.0419. The number of aryl methyl sites for hydroxylation is 1. The van der Waals surface area contributed by atoms with Crippen molar-refractivity contribution in [1.29, 1.82) is 0 Å². The van der Waals surface area contributed by atoms with Gasteiger partial charge in [-0.3, -0.25) is 4.79 Å². The summed E-state index contributed by atoms with van der Waals surface area (Å²) in [6.07, 6.45) is 4.07. The lowest BCUT2D eigenvalue weighted by Crippen LogP contribution is -2.49. The van der Waals surface area contributed by atoms with Crippen LogP contribution in [0.25, 0.3) is 16.3 Å². The van der Waals surface area contributed by atoms with Crippen LogP contribution in [0.4, 0.5) is 5.69 Å². The predicted octanol–water partition coefficient (Wildman–Crippen LogP) is 6.32. The van der Waals surface area contributed by atoms with Crippen LogP contribution >= 0.6 is 0 Å².